The van der Waals surface area contributed by atoms with Gasteiger partial charge in [-0.1, -0.05) is 30.3 Å². The number of nitrogens with zero attached hydrogens (tertiary/aromatic N) is 1. The van der Waals surface area contributed by atoms with Gasteiger partial charge in [-0.25, -0.2) is 0 Å². The summed E-state index contributed by atoms with van der Waals surface area (Å²) in [6, 6.07) is 15.9. The predicted molar refractivity (Wildman–Crippen MR) is 113 cm³/mol. The van der Waals surface area contributed by atoms with Gasteiger partial charge in [-0.05, 0) is 57.5 Å². The summed E-state index contributed by atoms with van der Waals surface area (Å²) in [5.74, 6) is 0.817. The fraction of sp³-hybridized carbons (Fsp3) is 0.391. The number of hydrogen-bond acceptors (Lipinski definition) is 4. The zero-order chi connectivity index (χ0) is 21.4. The van der Waals surface area contributed by atoms with E-state index in [4.69, 9.17) is 9.47 Å². The molecule has 0 unspecified atom stereocenters. The van der Waals surface area contributed by atoms with Crippen LogP contribution in [0.1, 0.15) is 33.3 Å². The van der Waals surface area contributed by atoms with Crippen LogP contribution in [0.5, 0.6) is 11.5 Å². The molecule has 156 valence electrons. The zero-order valence-electron chi connectivity index (χ0n) is 17.8. The molecule has 0 bridgehead atoms. The molecule has 0 aliphatic heterocycles. The SMILES string of the molecule is COc1cccc(CN(C(=O)COc2ccccc2)[C@H](C)C(=O)NC(C)(C)C)c1. The van der Waals surface area contributed by atoms with E-state index in [1.165, 1.54) is 4.90 Å². The molecule has 6 nitrogen and oxygen atoms in total. The molecule has 2 aromatic carbocycles. The Bertz CT molecular complexity index is 815. The summed E-state index contributed by atoms with van der Waals surface area (Å²) in [5.41, 5.74) is 0.476. The van der Waals surface area contributed by atoms with Crippen LogP contribution in [0, 0.1) is 0 Å². The van der Waals surface area contributed by atoms with Gasteiger partial charge in [0.1, 0.15) is 17.5 Å². The normalized spacial score (nSPS) is 12.0. The largest absolute Gasteiger partial charge is 0.497 e. The van der Waals surface area contributed by atoms with E-state index in [1.54, 1.807) is 26.2 Å². The minimum Gasteiger partial charge on any atom is -0.497 e. The van der Waals surface area contributed by atoms with Gasteiger partial charge < -0.3 is 19.7 Å². The Kier molecular flexibility index (Phi) is 7.65. The van der Waals surface area contributed by atoms with E-state index in [0.29, 0.717) is 11.5 Å². The highest BCUT2D eigenvalue weighted by molar-refractivity contribution is 5.88. The maximum absolute atomic E-state index is 13.0. The van der Waals surface area contributed by atoms with Gasteiger partial charge in [-0.3, -0.25) is 9.59 Å². The fourth-order valence-electron chi connectivity index (χ4n) is 2.77. The molecule has 29 heavy (non-hydrogen) atoms. The molecule has 0 aliphatic carbocycles. The lowest BCUT2D eigenvalue weighted by Crippen LogP contribution is -2.53. The number of carbonyl (C=O) groups is 2. The number of hydrogen-bond donors (Lipinski definition) is 1. The molecule has 1 atom stereocenters. The van der Waals surface area contributed by atoms with Gasteiger partial charge in [0.2, 0.25) is 5.91 Å². The number of amides is 2. The second-order valence-corrected chi connectivity index (χ2v) is 7.89. The smallest absolute Gasteiger partial charge is 0.261 e. The predicted octanol–water partition coefficient (Wildman–Crippen LogP) is 3.41. The number of methoxy groups -OCH3 is 1. The van der Waals surface area contributed by atoms with Gasteiger partial charge in [0, 0.05) is 12.1 Å². The lowest BCUT2D eigenvalue weighted by Gasteiger charge is -2.31. The van der Waals surface area contributed by atoms with Crippen LogP contribution in [0.3, 0.4) is 0 Å². The van der Waals surface area contributed by atoms with Crippen LogP contribution < -0.4 is 14.8 Å². The minimum atomic E-state index is -0.660. The zero-order valence-corrected chi connectivity index (χ0v) is 17.8. The van der Waals surface area contributed by atoms with E-state index >= 15 is 0 Å². The first kappa shape index (κ1) is 22.3. The Hall–Kier alpha value is -3.02. The third-order valence-electron chi connectivity index (χ3n) is 4.26. The van der Waals surface area contributed by atoms with Crippen molar-refractivity contribution in [3.63, 3.8) is 0 Å². The molecule has 0 aliphatic rings. The van der Waals surface area contributed by atoms with Crippen molar-refractivity contribution in [1.82, 2.24) is 10.2 Å². The number of para-hydroxylation sites is 1. The van der Waals surface area contributed by atoms with E-state index in [2.05, 4.69) is 5.32 Å². The molecule has 0 saturated heterocycles. The van der Waals surface area contributed by atoms with Crippen LogP contribution in [-0.2, 0) is 16.1 Å². The summed E-state index contributed by atoms with van der Waals surface area (Å²) in [7, 11) is 1.59. The van der Waals surface area contributed by atoms with Gasteiger partial charge in [0.05, 0.1) is 7.11 Å². The number of ether oxygens (including phenoxy) is 2. The highest BCUT2D eigenvalue weighted by Crippen LogP contribution is 2.17. The molecule has 6 heteroatoms. The Morgan fingerprint density at radius 2 is 1.69 bits per heavy atom. The summed E-state index contributed by atoms with van der Waals surface area (Å²) in [4.78, 5) is 27.2. The first-order chi connectivity index (χ1) is 13.7. The van der Waals surface area contributed by atoms with Crippen LogP contribution in [0.2, 0.25) is 0 Å². The van der Waals surface area contributed by atoms with Crippen molar-refractivity contribution in [2.75, 3.05) is 13.7 Å². The number of benzene rings is 2. The van der Waals surface area contributed by atoms with E-state index in [9.17, 15) is 9.59 Å². The van der Waals surface area contributed by atoms with Gasteiger partial charge >= 0.3 is 0 Å². The van der Waals surface area contributed by atoms with E-state index in [-0.39, 0.29) is 25.0 Å². The van der Waals surface area contributed by atoms with E-state index in [1.807, 2.05) is 63.2 Å². The number of nitrogens with one attached hydrogen (secondary N) is 1. The van der Waals surface area contributed by atoms with Crippen molar-refractivity contribution < 1.29 is 19.1 Å². The first-order valence-corrected chi connectivity index (χ1v) is 9.62. The van der Waals surface area contributed by atoms with Crippen molar-refractivity contribution in [1.29, 1.82) is 0 Å². The van der Waals surface area contributed by atoms with Crippen LogP contribution in [0.4, 0.5) is 0 Å². The molecule has 2 rings (SSSR count). The van der Waals surface area contributed by atoms with Gasteiger partial charge in [-0.15, -0.1) is 0 Å². The monoisotopic (exact) mass is 398 g/mol. The Labute approximate surface area is 172 Å². The first-order valence-electron chi connectivity index (χ1n) is 9.62. The van der Waals surface area contributed by atoms with Crippen molar-refractivity contribution in [2.45, 2.75) is 45.8 Å². The third kappa shape index (κ3) is 7.14. The molecule has 0 aromatic heterocycles. The average molecular weight is 399 g/mol. The lowest BCUT2D eigenvalue weighted by atomic mass is 10.1. The Morgan fingerprint density at radius 3 is 2.31 bits per heavy atom. The quantitative estimate of drug-likeness (QED) is 0.740. The Balaban J connectivity index is 2.18. The molecule has 2 amide bonds. The van der Waals surface area contributed by atoms with Gasteiger partial charge in [0.15, 0.2) is 6.61 Å². The van der Waals surface area contributed by atoms with E-state index < -0.39 is 11.6 Å². The minimum absolute atomic E-state index is 0.152. The van der Waals surface area contributed by atoms with Crippen molar-refractivity contribution in [3.8, 4) is 11.5 Å². The standard InChI is InChI=1S/C23H30N2O4/c1-17(22(27)24-23(2,3)4)25(15-18-10-9-13-20(14-18)28-5)21(26)16-29-19-11-7-6-8-12-19/h6-14,17H,15-16H2,1-5H3,(H,24,27)/t17-/m1/s1. The molecule has 0 spiro atoms. The van der Waals surface area contributed by atoms with Crippen LogP contribution in [0.15, 0.2) is 54.6 Å². The highest BCUT2D eigenvalue weighted by Gasteiger charge is 2.28. The summed E-state index contributed by atoms with van der Waals surface area (Å²) in [6.07, 6.45) is 0. The van der Waals surface area contributed by atoms with Crippen LogP contribution in [-0.4, -0.2) is 42.0 Å². The topological polar surface area (TPSA) is 67.9 Å². The second-order valence-electron chi connectivity index (χ2n) is 7.89. The maximum atomic E-state index is 13.0. The number of carbonyl (C=O) groups excluding carboxylic acids is 2. The molecule has 0 saturated carbocycles. The van der Waals surface area contributed by atoms with Gasteiger partial charge in [-0.2, -0.15) is 0 Å². The molecule has 0 heterocycles. The fourth-order valence-corrected chi connectivity index (χ4v) is 2.77. The molecule has 0 radical (unpaired) electrons. The molecular formula is C23H30N2O4. The van der Waals surface area contributed by atoms with Crippen molar-refractivity contribution in [2.24, 2.45) is 0 Å². The Morgan fingerprint density at radius 1 is 1.03 bits per heavy atom. The highest BCUT2D eigenvalue weighted by atomic mass is 16.5. The van der Waals surface area contributed by atoms with Crippen LogP contribution in [0.25, 0.3) is 0 Å². The van der Waals surface area contributed by atoms with E-state index in [0.717, 1.165) is 5.56 Å². The summed E-state index contributed by atoms with van der Waals surface area (Å²) in [6.45, 7) is 7.56. The average Bonchev–Trinajstić information content (AvgIpc) is 2.69. The summed E-state index contributed by atoms with van der Waals surface area (Å²) in [5, 5.41) is 2.94. The van der Waals surface area contributed by atoms with Crippen LogP contribution >= 0.6 is 0 Å². The summed E-state index contributed by atoms with van der Waals surface area (Å²) < 4.78 is 10.9. The second kappa shape index (κ2) is 9.96. The molecule has 2 aromatic rings. The third-order valence-corrected chi connectivity index (χ3v) is 4.26. The van der Waals surface area contributed by atoms with Gasteiger partial charge in [0.25, 0.3) is 5.91 Å². The lowest BCUT2D eigenvalue weighted by molar-refractivity contribution is -0.142. The molecular weight excluding hydrogens is 368 g/mol. The molecule has 0 fully saturated rings. The maximum Gasteiger partial charge on any atom is 0.261 e. The molecule has 1 N–H and O–H groups in total. The number of rotatable bonds is 8. The summed E-state index contributed by atoms with van der Waals surface area (Å²) >= 11 is 0. The van der Waals surface area contributed by atoms with Crippen molar-refractivity contribution in [3.05, 3.63) is 60.2 Å². The van der Waals surface area contributed by atoms with Crippen molar-refractivity contribution >= 4 is 11.8 Å².